The minimum Gasteiger partial charge on any atom is -0.497 e. The zero-order chi connectivity index (χ0) is 16.1. The molecule has 2 amide bonds. The van der Waals surface area contributed by atoms with E-state index in [2.05, 4.69) is 20.2 Å². The molecule has 6 heteroatoms. The monoisotopic (exact) mass is 314 g/mol. The molecule has 2 aromatic rings. The molecule has 1 aliphatic carbocycles. The molecular weight excluding hydrogens is 292 g/mol. The molecule has 0 bridgehead atoms. The third-order valence-electron chi connectivity index (χ3n) is 3.94. The van der Waals surface area contributed by atoms with E-state index in [0.717, 1.165) is 23.7 Å². The number of urea groups is 1. The minimum atomic E-state index is -0.158. The summed E-state index contributed by atoms with van der Waals surface area (Å²) in [5.41, 5.74) is 1.03. The van der Waals surface area contributed by atoms with Gasteiger partial charge in [0.15, 0.2) is 0 Å². The summed E-state index contributed by atoms with van der Waals surface area (Å²) in [6.07, 6.45) is 6.27. The van der Waals surface area contributed by atoms with Crippen molar-refractivity contribution in [2.75, 3.05) is 13.7 Å². The van der Waals surface area contributed by atoms with Crippen LogP contribution in [0.5, 0.6) is 5.75 Å². The Balaban J connectivity index is 1.38. The number of methoxy groups -OCH3 is 1. The van der Waals surface area contributed by atoms with Gasteiger partial charge in [-0.25, -0.2) is 9.78 Å². The fourth-order valence-electron chi connectivity index (χ4n) is 2.49. The second kappa shape index (κ2) is 7.17. The number of nitrogens with one attached hydrogen (secondary N) is 2. The maximum absolute atomic E-state index is 11.8. The van der Waals surface area contributed by atoms with Crippen molar-refractivity contribution in [2.45, 2.75) is 31.8 Å². The van der Waals surface area contributed by atoms with Gasteiger partial charge in [0.2, 0.25) is 0 Å². The second-order valence-electron chi connectivity index (χ2n) is 5.71. The zero-order valence-corrected chi connectivity index (χ0v) is 13.3. The number of imidazole rings is 1. The van der Waals surface area contributed by atoms with Crippen LogP contribution in [0.3, 0.4) is 0 Å². The fourth-order valence-corrected chi connectivity index (χ4v) is 2.49. The predicted octanol–water partition coefficient (Wildman–Crippen LogP) is 2.27. The summed E-state index contributed by atoms with van der Waals surface area (Å²) >= 11 is 0. The van der Waals surface area contributed by atoms with Crippen molar-refractivity contribution in [2.24, 2.45) is 0 Å². The van der Waals surface area contributed by atoms with Gasteiger partial charge in [-0.15, -0.1) is 0 Å². The molecule has 1 saturated carbocycles. The quantitative estimate of drug-likeness (QED) is 0.824. The molecule has 122 valence electrons. The van der Waals surface area contributed by atoms with Gasteiger partial charge in [-0.1, -0.05) is 12.1 Å². The minimum absolute atomic E-state index is 0.158. The molecule has 6 nitrogen and oxygen atoms in total. The molecule has 23 heavy (non-hydrogen) atoms. The highest BCUT2D eigenvalue weighted by Crippen LogP contribution is 2.38. The van der Waals surface area contributed by atoms with Crippen molar-refractivity contribution in [1.29, 1.82) is 0 Å². The lowest BCUT2D eigenvalue weighted by Gasteiger charge is -2.10. The summed E-state index contributed by atoms with van der Waals surface area (Å²) in [6, 6.07) is 7.48. The van der Waals surface area contributed by atoms with E-state index >= 15 is 0 Å². The first kappa shape index (κ1) is 15.4. The number of amides is 2. The maximum Gasteiger partial charge on any atom is 0.315 e. The van der Waals surface area contributed by atoms with Gasteiger partial charge >= 0.3 is 6.03 Å². The van der Waals surface area contributed by atoms with Crippen molar-refractivity contribution in [3.63, 3.8) is 0 Å². The number of ether oxygens (including phenoxy) is 1. The van der Waals surface area contributed by atoms with Gasteiger partial charge in [0.25, 0.3) is 0 Å². The maximum atomic E-state index is 11.8. The van der Waals surface area contributed by atoms with E-state index in [0.29, 0.717) is 19.0 Å². The third-order valence-corrected chi connectivity index (χ3v) is 3.94. The van der Waals surface area contributed by atoms with Crippen LogP contribution in [0.1, 0.15) is 30.1 Å². The van der Waals surface area contributed by atoms with Crippen LogP contribution >= 0.6 is 0 Å². The Morgan fingerprint density at radius 1 is 1.30 bits per heavy atom. The largest absolute Gasteiger partial charge is 0.497 e. The van der Waals surface area contributed by atoms with Gasteiger partial charge < -0.3 is 19.9 Å². The molecule has 0 atom stereocenters. The molecule has 0 saturated heterocycles. The highest BCUT2D eigenvalue weighted by atomic mass is 16.5. The fraction of sp³-hybridized carbons (Fsp3) is 0.412. The summed E-state index contributed by atoms with van der Waals surface area (Å²) in [5.74, 6) is 2.57. The van der Waals surface area contributed by atoms with E-state index in [1.54, 1.807) is 7.11 Å². The van der Waals surface area contributed by atoms with Gasteiger partial charge in [-0.05, 0) is 30.5 Å². The average molecular weight is 314 g/mol. The number of nitrogens with zero attached hydrogens (tertiary/aromatic N) is 2. The number of rotatable bonds is 7. The number of aromatic nitrogens is 2. The van der Waals surface area contributed by atoms with E-state index in [-0.39, 0.29) is 6.03 Å². The number of carbonyl (C=O) groups is 1. The van der Waals surface area contributed by atoms with Crippen LogP contribution in [0.15, 0.2) is 36.7 Å². The van der Waals surface area contributed by atoms with Crippen molar-refractivity contribution >= 4 is 6.03 Å². The van der Waals surface area contributed by atoms with E-state index in [4.69, 9.17) is 4.74 Å². The molecule has 2 N–H and O–H groups in total. The van der Waals surface area contributed by atoms with Gasteiger partial charge in [0.05, 0.1) is 7.11 Å². The Kier molecular flexibility index (Phi) is 4.80. The Hall–Kier alpha value is -2.50. The van der Waals surface area contributed by atoms with Crippen LogP contribution in [0, 0.1) is 0 Å². The van der Waals surface area contributed by atoms with Crippen molar-refractivity contribution in [3.8, 4) is 5.75 Å². The van der Waals surface area contributed by atoms with Crippen LogP contribution in [-0.2, 0) is 13.1 Å². The van der Waals surface area contributed by atoms with Crippen molar-refractivity contribution in [1.82, 2.24) is 20.2 Å². The molecular formula is C17H22N4O2. The first-order valence-electron chi connectivity index (χ1n) is 7.92. The predicted molar refractivity (Wildman–Crippen MR) is 87.4 cm³/mol. The number of hydrogen-bond acceptors (Lipinski definition) is 3. The lowest BCUT2D eigenvalue weighted by molar-refractivity contribution is 0.240. The van der Waals surface area contributed by atoms with Crippen LogP contribution in [-0.4, -0.2) is 29.2 Å². The normalized spacial score (nSPS) is 13.6. The lowest BCUT2D eigenvalue weighted by Crippen LogP contribution is -2.36. The Morgan fingerprint density at radius 2 is 2.09 bits per heavy atom. The van der Waals surface area contributed by atoms with Gasteiger partial charge in [0, 0.05) is 37.9 Å². The molecule has 1 aromatic carbocycles. The van der Waals surface area contributed by atoms with Gasteiger partial charge in [-0.2, -0.15) is 0 Å². The van der Waals surface area contributed by atoms with E-state index < -0.39 is 0 Å². The van der Waals surface area contributed by atoms with E-state index in [9.17, 15) is 4.79 Å². The van der Waals surface area contributed by atoms with E-state index in [1.807, 2.05) is 36.7 Å². The summed E-state index contributed by atoms with van der Waals surface area (Å²) in [5, 5.41) is 5.73. The Labute approximate surface area is 135 Å². The molecule has 0 spiro atoms. The topological polar surface area (TPSA) is 68.2 Å². The standard InChI is InChI=1S/C17H22N4O2/c1-23-15-6-2-13(3-7-15)12-20-17(22)19-9-11-21-10-8-18-16(21)14-4-5-14/h2-3,6-8,10,14H,4-5,9,11-12H2,1H3,(H2,19,20,22). The Bertz CT molecular complexity index is 647. The molecule has 1 aromatic heterocycles. The lowest BCUT2D eigenvalue weighted by atomic mass is 10.2. The van der Waals surface area contributed by atoms with Gasteiger partial charge in [0.1, 0.15) is 11.6 Å². The molecule has 0 aliphatic heterocycles. The zero-order valence-electron chi connectivity index (χ0n) is 13.3. The molecule has 1 heterocycles. The summed E-state index contributed by atoms with van der Waals surface area (Å²) in [4.78, 5) is 16.2. The highest BCUT2D eigenvalue weighted by Gasteiger charge is 2.27. The molecule has 1 fully saturated rings. The van der Waals surface area contributed by atoms with Crippen LogP contribution < -0.4 is 15.4 Å². The first-order chi connectivity index (χ1) is 11.3. The molecule has 0 unspecified atom stereocenters. The number of benzene rings is 1. The van der Waals surface area contributed by atoms with E-state index in [1.165, 1.54) is 12.8 Å². The highest BCUT2D eigenvalue weighted by molar-refractivity contribution is 5.73. The summed E-state index contributed by atoms with van der Waals surface area (Å²) in [7, 11) is 1.63. The first-order valence-corrected chi connectivity index (χ1v) is 7.92. The summed E-state index contributed by atoms with van der Waals surface area (Å²) < 4.78 is 7.23. The SMILES string of the molecule is COc1ccc(CNC(=O)NCCn2ccnc2C2CC2)cc1. The average Bonchev–Trinajstić information content (AvgIpc) is 3.32. The van der Waals surface area contributed by atoms with Crippen LogP contribution in [0.2, 0.25) is 0 Å². The molecule has 1 aliphatic rings. The second-order valence-corrected chi connectivity index (χ2v) is 5.71. The number of hydrogen-bond donors (Lipinski definition) is 2. The van der Waals surface area contributed by atoms with Crippen molar-refractivity contribution in [3.05, 3.63) is 48.0 Å². The van der Waals surface area contributed by atoms with Gasteiger partial charge in [-0.3, -0.25) is 0 Å². The molecule has 3 rings (SSSR count). The molecule has 0 radical (unpaired) electrons. The summed E-state index contributed by atoms with van der Waals surface area (Å²) in [6.45, 7) is 1.83. The Morgan fingerprint density at radius 3 is 2.78 bits per heavy atom. The van der Waals surface area contributed by atoms with Crippen LogP contribution in [0.25, 0.3) is 0 Å². The number of carbonyl (C=O) groups excluding carboxylic acids is 1. The van der Waals surface area contributed by atoms with Crippen molar-refractivity contribution < 1.29 is 9.53 Å². The van der Waals surface area contributed by atoms with Crippen LogP contribution in [0.4, 0.5) is 4.79 Å². The smallest absolute Gasteiger partial charge is 0.315 e. The third kappa shape index (κ3) is 4.25.